The first kappa shape index (κ1) is 16.2. The molecular weight excluding hydrogens is 312 g/mol. The lowest BCUT2D eigenvalue weighted by atomic mass is 10.3. The van der Waals surface area contributed by atoms with E-state index in [2.05, 4.69) is 18.3 Å². The van der Waals surface area contributed by atoms with Gasteiger partial charge in [-0.1, -0.05) is 30.8 Å². The lowest BCUT2D eigenvalue weighted by molar-refractivity contribution is 0.251. The van der Waals surface area contributed by atoms with Crippen molar-refractivity contribution in [2.75, 3.05) is 11.1 Å². The fraction of sp³-hybridized carbons (Fsp3) is 0.333. The third kappa shape index (κ3) is 5.28. The molecule has 0 aliphatic heterocycles. The molecule has 1 aromatic heterocycles. The lowest BCUT2D eigenvalue weighted by Crippen LogP contribution is -1.99. The average molecular weight is 329 g/mol. The van der Waals surface area contributed by atoms with Gasteiger partial charge in [0.2, 0.25) is 0 Å². The number of rotatable bonds is 8. The van der Waals surface area contributed by atoms with Gasteiger partial charge in [-0.05, 0) is 30.0 Å². The maximum absolute atomic E-state index is 12.1. The number of hydrogen-bond donors (Lipinski definition) is 1. The zero-order valence-corrected chi connectivity index (χ0v) is 13.3. The first-order valence-corrected chi connectivity index (χ1v) is 8.65. The average Bonchev–Trinajstić information content (AvgIpc) is 2.92. The number of hydrogen-bond acceptors (Lipinski definition) is 4. The maximum atomic E-state index is 12.1. The van der Waals surface area contributed by atoms with Crippen molar-refractivity contribution in [3.8, 4) is 0 Å². The van der Waals surface area contributed by atoms with E-state index in [1.165, 1.54) is 4.90 Å². The van der Waals surface area contributed by atoms with Crippen LogP contribution in [0, 0.1) is 0 Å². The summed E-state index contributed by atoms with van der Waals surface area (Å²) in [6.45, 7) is 2.65. The minimum absolute atomic E-state index is 0.194. The fourth-order valence-corrected chi connectivity index (χ4v) is 3.04. The Morgan fingerprint density at radius 2 is 1.90 bits per heavy atom. The van der Waals surface area contributed by atoms with Gasteiger partial charge in [0.05, 0.1) is 12.3 Å². The van der Waals surface area contributed by atoms with Crippen LogP contribution in [0.15, 0.2) is 45.7 Å². The van der Waals surface area contributed by atoms with E-state index < -0.39 is 5.76 Å². The van der Waals surface area contributed by atoms with Crippen molar-refractivity contribution in [1.82, 2.24) is 0 Å². The van der Waals surface area contributed by atoms with E-state index in [9.17, 15) is 8.78 Å². The van der Waals surface area contributed by atoms with Gasteiger partial charge in [-0.25, -0.2) is 0 Å². The van der Waals surface area contributed by atoms with Crippen molar-refractivity contribution in [3.63, 3.8) is 0 Å². The van der Waals surface area contributed by atoms with Gasteiger partial charge in [-0.3, -0.25) is 0 Å². The van der Waals surface area contributed by atoms with Crippen LogP contribution in [0.5, 0.6) is 0 Å². The number of benzene rings is 1. The maximum Gasteiger partial charge on any atom is 0.284 e. The molecular formula is C15H17F2NOS2. The van der Waals surface area contributed by atoms with Gasteiger partial charge >= 0.3 is 0 Å². The minimum Gasteiger partial charge on any atom is -0.463 e. The molecule has 1 N–H and O–H groups in total. The van der Waals surface area contributed by atoms with Gasteiger partial charge < -0.3 is 9.73 Å². The first-order valence-electron chi connectivity index (χ1n) is 6.62. The van der Waals surface area contributed by atoms with Crippen LogP contribution in [-0.2, 0) is 12.3 Å². The van der Waals surface area contributed by atoms with E-state index in [-0.39, 0.29) is 5.75 Å². The summed E-state index contributed by atoms with van der Waals surface area (Å²) in [7, 11) is 0. The van der Waals surface area contributed by atoms with Crippen LogP contribution in [0.25, 0.3) is 0 Å². The normalized spacial score (nSPS) is 11.0. The molecule has 0 saturated heterocycles. The largest absolute Gasteiger partial charge is 0.463 e. The Hall–Kier alpha value is -1.14. The van der Waals surface area contributed by atoms with Gasteiger partial charge in [-0.2, -0.15) is 8.78 Å². The Morgan fingerprint density at radius 1 is 1.14 bits per heavy atom. The molecule has 21 heavy (non-hydrogen) atoms. The number of thioether (sulfide) groups is 2. The van der Waals surface area contributed by atoms with Crippen LogP contribution in [0.2, 0.25) is 0 Å². The fourth-order valence-electron chi connectivity index (χ4n) is 1.82. The van der Waals surface area contributed by atoms with E-state index in [4.69, 9.17) is 4.42 Å². The topological polar surface area (TPSA) is 25.2 Å². The van der Waals surface area contributed by atoms with Crippen molar-refractivity contribution in [1.29, 1.82) is 0 Å². The Balaban J connectivity index is 1.91. The van der Waals surface area contributed by atoms with E-state index in [1.807, 2.05) is 24.3 Å². The van der Waals surface area contributed by atoms with E-state index in [0.717, 1.165) is 17.2 Å². The summed E-state index contributed by atoms with van der Waals surface area (Å²) in [4.78, 5) is 1.19. The van der Waals surface area contributed by atoms with Crippen LogP contribution in [-0.4, -0.2) is 11.5 Å². The molecule has 1 aromatic carbocycles. The first-order chi connectivity index (χ1) is 10.2. The molecule has 0 bridgehead atoms. The van der Waals surface area contributed by atoms with Crippen LogP contribution in [0.1, 0.15) is 18.4 Å². The molecule has 2 aromatic rings. The summed E-state index contributed by atoms with van der Waals surface area (Å²) in [5.74, 6) is 0.160. The molecule has 0 fully saturated rings. The van der Waals surface area contributed by atoms with Crippen LogP contribution in [0.4, 0.5) is 14.5 Å². The summed E-state index contributed by atoms with van der Waals surface area (Å²) < 4.78 is 29.8. The SMILES string of the molecule is CCSc1ccccc1NCc1ccc(CSC(F)F)o1. The molecule has 0 amide bonds. The molecule has 0 unspecified atom stereocenters. The predicted molar refractivity (Wildman–Crippen MR) is 86.2 cm³/mol. The van der Waals surface area contributed by atoms with Crippen molar-refractivity contribution in [2.24, 2.45) is 0 Å². The smallest absolute Gasteiger partial charge is 0.284 e. The highest BCUT2D eigenvalue weighted by Crippen LogP contribution is 2.27. The molecule has 2 rings (SSSR count). The van der Waals surface area contributed by atoms with Gasteiger partial charge in [0, 0.05) is 10.6 Å². The third-order valence-corrected chi connectivity index (χ3v) is 4.37. The van der Waals surface area contributed by atoms with E-state index >= 15 is 0 Å². The molecule has 0 radical (unpaired) electrons. The number of furan rings is 1. The van der Waals surface area contributed by atoms with Crippen molar-refractivity contribution in [2.45, 2.75) is 29.9 Å². The van der Waals surface area contributed by atoms with Crippen LogP contribution < -0.4 is 5.32 Å². The molecule has 6 heteroatoms. The number of alkyl halides is 2. The number of halogens is 2. The Kier molecular flexibility index (Phi) is 6.45. The quantitative estimate of drug-likeness (QED) is 0.650. The Bertz CT molecular complexity index is 560. The second-order valence-electron chi connectivity index (χ2n) is 4.22. The van der Waals surface area contributed by atoms with Gasteiger partial charge in [-0.15, -0.1) is 11.8 Å². The Morgan fingerprint density at radius 3 is 2.67 bits per heavy atom. The number of anilines is 1. The van der Waals surface area contributed by atoms with Crippen molar-refractivity contribution in [3.05, 3.63) is 47.9 Å². The summed E-state index contributed by atoms with van der Waals surface area (Å²) in [5.41, 5.74) is 1.06. The standard InChI is InChI=1S/C15H17F2NOS2/c1-2-20-14-6-4-3-5-13(14)18-9-11-7-8-12(19-11)10-21-15(16)17/h3-8,15,18H,2,9-10H2,1H3. The molecule has 0 aliphatic carbocycles. The summed E-state index contributed by atoms with van der Waals surface area (Å²) >= 11 is 2.34. The highest BCUT2D eigenvalue weighted by molar-refractivity contribution is 7.99. The molecule has 1 heterocycles. The van der Waals surface area contributed by atoms with Crippen LogP contribution in [0.3, 0.4) is 0 Å². The number of nitrogens with one attached hydrogen (secondary N) is 1. The monoisotopic (exact) mass is 329 g/mol. The Labute approximate surface area is 131 Å². The number of para-hydroxylation sites is 1. The highest BCUT2D eigenvalue weighted by atomic mass is 32.2. The van der Waals surface area contributed by atoms with E-state index in [0.29, 0.717) is 24.1 Å². The molecule has 114 valence electrons. The summed E-state index contributed by atoms with van der Waals surface area (Å²) in [5, 5.41) is 3.32. The molecule has 0 saturated carbocycles. The second kappa shape index (κ2) is 8.34. The summed E-state index contributed by atoms with van der Waals surface area (Å²) in [6, 6.07) is 11.7. The highest BCUT2D eigenvalue weighted by Gasteiger charge is 2.08. The molecule has 0 atom stereocenters. The second-order valence-corrected chi connectivity index (χ2v) is 6.51. The van der Waals surface area contributed by atoms with E-state index in [1.54, 1.807) is 17.8 Å². The zero-order chi connectivity index (χ0) is 15.1. The minimum atomic E-state index is -2.37. The van der Waals surface area contributed by atoms with Crippen molar-refractivity contribution < 1.29 is 13.2 Å². The van der Waals surface area contributed by atoms with Crippen molar-refractivity contribution >= 4 is 29.2 Å². The summed E-state index contributed by atoms with van der Waals surface area (Å²) in [6.07, 6.45) is 0. The third-order valence-electron chi connectivity index (χ3n) is 2.71. The lowest BCUT2D eigenvalue weighted by Gasteiger charge is -2.09. The van der Waals surface area contributed by atoms with Gasteiger partial charge in [0.15, 0.2) is 0 Å². The van der Waals surface area contributed by atoms with Crippen LogP contribution >= 0.6 is 23.5 Å². The van der Waals surface area contributed by atoms with Gasteiger partial charge in [0.25, 0.3) is 5.76 Å². The predicted octanol–water partition coefficient (Wildman–Crippen LogP) is 5.46. The van der Waals surface area contributed by atoms with Gasteiger partial charge in [0.1, 0.15) is 11.5 Å². The molecule has 2 nitrogen and oxygen atoms in total. The zero-order valence-electron chi connectivity index (χ0n) is 11.6. The molecule has 0 spiro atoms. The molecule has 0 aliphatic rings.